The van der Waals surface area contributed by atoms with E-state index in [1.165, 1.54) is 13.0 Å². The molecule has 0 radical (unpaired) electrons. The van der Waals surface area contributed by atoms with Gasteiger partial charge in [-0.15, -0.1) is 6.58 Å². The number of carbonyl (C=O) groups excluding carboxylic acids is 1. The largest absolute Gasteiger partial charge is 0.495 e. The van der Waals surface area contributed by atoms with Crippen molar-refractivity contribution < 1.29 is 58.4 Å². The molecular weight excluding hydrogens is 596 g/mol. The Kier molecular flexibility index (Phi) is 9.27. The van der Waals surface area contributed by atoms with Crippen molar-refractivity contribution in [3.63, 3.8) is 0 Å². The number of nitrogens with zero attached hydrogens (tertiary/aromatic N) is 1. The number of amides is 1. The zero-order valence-corrected chi connectivity index (χ0v) is 24.2. The van der Waals surface area contributed by atoms with E-state index in [4.69, 9.17) is 14.0 Å². The van der Waals surface area contributed by atoms with E-state index in [2.05, 4.69) is 6.58 Å². The standard InChI is InChI=1S/C28H31BF9NO4/c1-8-17(12-20(28(36,37)38)11-15(2)26(30,31)32)22-16(3)39(23(40)41-22)14-18-13-19(27(33,34)35)9-10-21(18)29-42-24(4,5)25(6,7)43-29/h8-13,16-17,22H,1,14H2,2-7H3/b15-11+,20-12+. The van der Waals surface area contributed by atoms with Crippen LogP contribution in [0.15, 0.2) is 54.2 Å². The molecule has 2 heterocycles. The fraction of sp³-hybridized carbons (Fsp3) is 0.536. The maximum Gasteiger partial charge on any atom is 0.495 e. The highest BCUT2D eigenvalue weighted by atomic mass is 19.4. The van der Waals surface area contributed by atoms with Crippen LogP contribution >= 0.6 is 0 Å². The molecule has 3 rings (SSSR count). The van der Waals surface area contributed by atoms with Gasteiger partial charge in [0.2, 0.25) is 0 Å². The zero-order chi connectivity index (χ0) is 32.9. The molecule has 2 aliphatic rings. The molecule has 43 heavy (non-hydrogen) atoms. The lowest BCUT2D eigenvalue weighted by molar-refractivity contribution is -0.137. The van der Waals surface area contributed by atoms with Crippen LogP contribution in [-0.4, -0.2) is 53.8 Å². The molecule has 3 unspecified atom stereocenters. The van der Waals surface area contributed by atoms with Crippen LogP contribution in [0, 0.1) is 5.92 Å². The van der Waals surface area contributed by atoms with Gasteiger partial charge in [0.05, 0.1) is 28.4 Å². The smallest absolute Gasteiger partial charge is 0.443 e. The molecule has 0 aliphatic carbocycles. The van der Waals surface area contributed by atoms with E-state index in [0.717, 1.165) is 23.1 Å². The van der Waals surface area contributed by atoms with Gasteiger partial charge >= 0.3 is 31.7 Å². The number of rotatable bonds is 7. The average molecular weight is 627 g/mol. The van der Waals surface area contributed by atoms with Crippen LogP contribution < -0.4 is 5.46 Å². The van der Waals surface area contributed by atoms with Crippen LogP contribution in [0.2, 0.25) is 0 Å². The van der Waals surface area contributed by atoms with Crippen molar-refractivity contribution in [1.82, 2.24) is 4.90 Å². The molecule has 3 atom stereocenters. The molecule has 2 aliphatic heterocycles. The Morgan fingerprint density at radius 2 is 1.58 bits per heavy atom. The third-order valence-corrected chi connectivity index (χ3v) is 7.93. The highest BCUT2D eigenvalue weighted by Crippen LogP contribution is 2.39. The molecule has 0 N–H and O–H groups in total. The lowest BCUT2D eigenvalue weighted by Gasteiger charge is -2.32. The summed E-state index contributed by atoms with van der Waals surface area (Å²) < 4.78 is 138. The summed E-state index contributed by atoms with van der Waals surface area (Å²) in [5.74, 6) is -1.40. The summed E-state index contributed by atoms with van der Waals surface area (Å²) in [4.78, 5) is 13.9. The van der Waals surface area contributed by atoms with Gasteiger partial charge in [-0.05, 0) is 64.7 Å². The Morgan fingerprint density at radius 3 is 2.05 bits per heavy atom. The van der Waals surface area contributed by atoms with E-state index in [9.17, 15) is 44.3 Å². The summed E-state index contributed by atoms with van der Waals surface area (Å²) in [6.07, 6.45) is -15.9. The number of hydrogen-bond donors (Lipinski definition) is 0. The van der Waals surface area contributed by atoms with E-state index >= 15 is 0 Å². The van der Waals surface area contributed by atoms with Gasteiger partial charge in [-0.2, -0.15) is 39.5 Å². The normalized spacial score (nSPS) is 23.9. The third kappa shape index (κ3) is 7.42. The summed E-state index contributed by atoms with van der Waals surface area (Å²) >= 11 is 0. The lowest BCUT2D eigenvalue weighted by atomic mass is 9.75. The number of alkyl halides is 9. The zero-order valence-electron chi connectivity index (χ0n) is 24.2. The molecule has 0 saturated carbocycles. The first-order chi connectivity index (χ1) is 19.4. The fourth-order valence-corrected chi connectivity index (χ4v) is 4.58. The molecule has 0 bridgehead atoms. The van der Waals surface area contributed by atoms with Crippen molar-refractivity contribution in [3.05, 3.63) is 65.3 Å². The highest BCUT2D eigenvalue weighted by Gasteiger charge is 2.53. The van der Waals surface area contributed by atoms with Gasteiger partial charge in [0.15, 0.2) is 0 Å². The summed E-state index contributed by atoms with van der Waals surface area (Å²) in [5.41, 5.74) is -5.66. The Balaban J connectivity index is 2.00. The molecule has 15 heteroatoms. The quantitative estimate of drug-likeness (QED) is 0.136. The Bertz CT molecular complexity index is 1280. The number of allylic oxidation sites excluding steroid dienone is 3. The highest BCUT2D eigenvalue weighted by molar-refractivity contribution is 6.62. The van der Waals surface area contributed by atoms with Crippen molar-refractivity contribution in [1.29, 1.82) is 0 Å². The minimum absolute atomic E-state index is 0.0109. The topological polar surface area (TPSA) is 48.0 Å². The number of halogens is 9. The van der Waals surface area contributed by atoms with Crippen LogP contribution in [0.5, 0.6) is 0 Å². The van der Waals surface area contributed by atoms with Crippen LogP contribution in [0.4, 0.5) is 44.3 Å². The first kappa shape index (κ1) is 34.6. The molecule has 2 saturated heterocycles. The van der Waals surface area contributed by atoms with E-state index in [1.54, 1.807) is 27.7 Å². The lowest BCUT2D eigenvalue weighted by Crippen LogP contribution is -2.41. The van der Waals surface area contributed by atoms with E-state index in [1.807, 2.05) is 0 Å². The van der Waals surface area contributed by atoms with E-state index < -0.39 is 84.3 Å². The minimum atomic E-state index is -5.19. The predicted octanol–water partition coefficient (Wildman–Crippen LogP) is 7.51. The number of hydrogen-bond acceptors (Lipinski definition) is 4. The molecule has 2 fully saturated rings. The monoisotopic (exact) mass is 627 g/mol. The Hall–Kier alpha value is -2.94. The average Bonchev–Trinajstić information content (AvgIpc) is 3.24. The van der Waals surface area contributed by atoms with Crippen LogP contribution in [0.3, 0.4) is 0 Å². The number of carbonyl (C=O) groups is 1. The van der Waals surface area contributed by atoms with Crippen molar-refractivity contribution in [2.75, 3.05) is 0 Å². The van der Waals surface area contributed by atoms with E-state index in [0.29, 0.717) is 13.0 Å². The molecule has 1 amide bonds. The first-order valence-electron chi connectivity index (χ1n) is 13.1. The number of ether oxygens (including phenoxy) is 1. The second-order valence-electron chi connectivity index (χ2n) is 11.5. The van der Waals surface area contributed by atoms with Gasteiger partial charge < -0.3 is 14.0 Å². The van der Waals surface area contributed by atoms with Gasteiger partial charge in [0.25, 0.3) is 0 Å². The third-order valence-electron chi connectivity index (χ3n) is 7.93. The molecule has 0 spiro atoms. The maximum atomic E-state index is 13.7. The van der Waals surface area contributed by atoms with Crippen molar-refractivity contribution in [2.24, 2.45) is 5.92 Å². The molecule has 5 nitrogen and oxygen atoms in total. The Labute approximate surface area is 243 Å². The second kappa shape index (κ2) is 11.5. The number of cyclic esters (lactones) is 1. The molecule has 1 aromatic carbocycles. The predicted molar refractivity (Wildman–Crippen MR) is 140 cm³/mol. The molecule has 1 aromatic rings. The van der Waals surface area contributed by atoms with Crippen molar-refractivity contribution >= 4 is 18.7 Å². The summed E-state index contributed by atoms with van der Waals surface area (Å²) in [7, 11) is -1.10. The van der Waals surface area contributed by atoms with Crippen molar-refractivity contribution in [3.8, 4) is 0 Å². The van der Waals surface area contributed by atoms with Crippen molar-refractivity contribution in [2.45, 2.75) is 90.0 Å². The van der Waals surface area contributed by atoms with Gasteiger partial charge in [0.1, 0.15) is 6.10 Å². The van der Waals surface area contributed by atoms with Gasteiger partial charge in [-0.3, -0.25) is 4.90 Å². The minimum Gasteiger partial charge on any atom is -0.443 e. The van der Waals surface area contributed by atoms with E-state index in [-0.39, 0.29) is 17.1 Å². The van der Waals surface area contributed by atoms with Gasteiger partial charge in [-0.25, -0.2) is 4.79 Å². The molecule has 238 valence electrons. The fourth-order valence-electron chi connectivity index (χ4n) is 4.58. The van der Waals surface area contributed by atoms with Crippen LogP contribution in [0.25, 0.3) is 0 Å². The summed E-state index contributed by atoms with van der Waals surface area (Å²) in [6.45, 7) is 11.8. The van der Waals surface area contributed by atoms with Crippen LogP contribution in [0.1, 0.15) is 52.7 Å². The SMILES string of the molecule is C=CC(/C=C(\C=C(/C)C(F)(F)F)C(F)(F)F)C1OC(=O)N(Cc2cc(C(F)(F)F)ccc2B2OC(C)(C)C(C)(C)O2)C1C. The Morgan fingerprint density at radius 1 is 1.02 bits per heavy atom. The number of benzene rings is 1. The van der Waals surface area contributed by atoms with Gasteiger partial charge in [0, 0.05) is 18.0 Å². The molecule has 0 aromatic heterocycles. The summed E-state index contributed by atoms with van der Waals surface area (Å²) in [6, 6.07) is 1.80. The summed E-state index contributed by atoms with van der Waals surface area (Å²) in [5, 5.41) is 0. The van der Waals surface area contributed by atoms with Crippen LogP contribution in [-0.2, 0) is 26.8 Å². The maximum absolute atomic E-state index is 13.7. The molecular formula is C28H31BF9NO4. The van der Waals surface area contributed by atoms with Gasteiger partial charge in [-0.1, -0.05) is 24.3 Å². The second-order valence-corrected chi connectivity index (χ2v) is 11.5. The first-order valence-corrected chi connectivity index (χ1v) is 13.1.